The summed E-state index contributed by atoms with van der Waals surface area (Å²) in [6.45, 7) is 4.99. The first kappa shape index (κ1) is 26.7. The van der Waals surface area contributed by atoms with Crippen LogP contribution in [0.1, 0.15) is 53.6 Å². The van der Waals surface area contributed by atoms with Crippen molar-refractivity contribution in [3.8, 4) is 17.1 Å². The summed E-state index contributed by atoms with van der Waals surface area (Å²) in [5.74, 6) is -0.0664. The van der Waals surface area contributed by atoms with E-state index < -0.39 is 10.0 Å². The van der Waals surface area contributed by atoms with Gasteiger partial charge in [-0.3, -0.25) is 9.69 Å². The van der Waals surface area contributed by atoms with Crippen LogP contribution in [-0.4, -0.2) is 72.4 Å². The van der Waals surface area contributed by atoms with Crippen LogP contribution < -0.4 is 9.46 Å². The van der Waals surface area contributed by atoms with E-state index in [1.807, 2.05) is 32.0 Å². The highest BCUT2D eigenvalue weighted by Gasteiger charge is 2.38. The first-order valence-electron chi connectivity index (χ1n) is 13.9. The predicted octanol–water partition coefficient (Wildman–Crippen LogP) is 4.41. The molecule has 2 fully saturated rings. The number of hydrogen-bond donors (Lipinski definition) is 1. The van der Waals surface area contributed by atoms with Gasteiger partial charge in [0.05, 0.1) is 17.1 Å². The molecule has 1 amide bonds. The molecule has 3 aliphatic rings. The SMILES string of the molecule is Cc1cccc(C)c1-c1cc2nc(n1)NS(=O)(=O)c1cccc(c1)C(=O)N(C)CC(CN1C3CCC[C@H]1CC3)O2. The van der Waals surface area contributed by atoms with Crippen LogP contribution >= 0.6 is 0 Å². The number of fused-ring (bicyclic) bond motifs is 6. The van der Waals surface area contributed by atoms with Gasteiger partial charge in [-0.15, -0.1) is 0 Å². The monoisotopic (exact) mass is 561 g/mol. The summed E-state index contributed by atoms with van der Waals surface area (Å²) in [6, 6.07) is 14.9. The van der Waals surface area contributed by atoms with Gasteiger partial charge in [0, 0.05) is 42.9 Å². The lowest BCUT2D eigenvalue weighted by molar-refractivity contribution is 0.0480. The molecule has 2 aromatic carbocycles. The highest BCUT2D eigenvalue weighted by Crippen LogP contribution is 2.36. The van der Waals surface area contributed by atoms with Crippen LogP contribution in [0, 0.1) is 13.8 Å². The first-order valence-corrected chi connectivity index (χ1v) is 15.4. The van der Waals surface area contributed by atoms with Gasteiger partial charge >= 0.3 is 0 Å². The minimum absolute atomic E-state index is 0.0315. The van der Waals surface area contributed by atoms with Crippen molar-refractivity contribution in [3.05, 3.63) is 65.2 Å². The number of carbonyl (C=O) groups excluding carboxylic acids is 1. The maximum absolute atomic E-state index is 13.4. The number of sulfonamides is 1. The van der Waals surface area contributed by atoms with E-state index in [0.29, 0.717) is 36.4 Å². The highest BCUT2D eigenvalue weighted by molar-refractivity contribution is 7.92. The molecule has 3 atom stereocenters. The van der Waals surface area contributed by atoms with Gasteiger partial charge in [0.2, 0.25) is 11.8 Å². The van der Waals surface area contributed by atoms with Crippen LogP contribution in [0.15, 0.2) is 53.4 Å². The number of nitrogens with zero attached hydrogens (tertiary/aromatic N) is 4. The zero-order valence-corrected chi connectivity index (χ0v) is 23.9. The van der Waals surface area contributed by atoms with E-state index in [9.17, 15) is 13.2 Å². The normalized spacial score (nSPS) is 24.3. The molecule has 0 aliphatic carbocycles. The highest BCUT2D eigenvalue weighted by atomic mass is 32.2. The molecule has 4 heterocycles. The number of ether oxygens (including phenoxy) is 1. The van der Waals surface area contributed by atoms with Crippen molar-refractivity contribution in [1.29, 1.82) is 0 Å². The Hall–Kier alpha value is -3.50. The Morgan fingerprint density at radius 2 is 1.68 bits per heavy atom. The van der Waals surface area contributed by atoms with Gasteiger partial charge in [0.25, 0.3) is 15.9 Å². The summed E-state index contributed by atoms with van der Waals surface area (Å²) in [6.07, 6.45) is 5.62. The van der Waals surface area contributed by atoms with E-state index >= 15 is 0 Å². The van der Waals surface area contributed by atoms with Crippen LogP contribution in [0.25, 0.3) is 11.3 Å². The van der Waals surface area contributed by atoms with Gasteiger partial charge in [-0.05, 0) is 68.9 Å². The third-order valence-corrected chi connectivity index (χ3v) is 9.75. The van der Waals surface area contributed by atoms with E-state index in [0.717, 1.165) is 16.7 Å². The Morgan fingerprint density at radius 3 is 2.40 bits per heavy atom. The maximum atomic E-state index is 13.4. The molecule has 2 unspecified atom stereocenters. The fourth-order valence-corrected chi connectivity index (χ4v) is 7.51. The largest absolute Gasteiger partial charge is 0.471 e. The molecule has 0 radical (unpaired) electrons. The number of carbonyl (C=O) groups is 1. The molecule has 1 aromatic heterocycles. The van der Waals surface area contributed by atoms with Gasteiger partial charge in [0.15, 0.2) is 0 Å². The average molecular weight is 562 g/mol. The lowest BCUT2D eigenvalue weighted by atomic mass is 10.00. The molecule has 9 nitrogen and oxygen atoms in total. The molecular formula is C30H35N5O4S. The standard InChI is InChI=1S/C30H35N5O4S/c1-19-7-4-8-20(2)28(19)26-16-27-32-30(31-26)33-40(37,38)25-12-5-9-21(15-25)29(36)34(3)17-24(39-27)18-35-22-10-6-11-23(35)14-13-22/h4-5,7-9,12,15-16,22-24H,6,10-11,13-14,17-18H2,1-3H3,(H,31,32,33)/t22-,23?,24?/m0/s1. The minimum Gasteiger partial charge on any atom is -0.471 e. The molecule has 6 bridgehead atoms. The van der Waals surface area contributed by atoms with Crippen LogP contribution in [-0.2, 0) is 10.0 Å². The Bertz CT molecular complexity index is 1520. The summed E-state index contributed by atoms with van der Waals surface area (Å²) in [5.41, 5.74) is 3.79. The van der Waals surface area contributed by atoms with Gasteiger partial charge in [-0.1, -0.05) is 30.7 Å². The van der Waals surface area contributed by atoms with Crippen molar-refractivity contribution >= 4 is 21.9 Å². The number of nitrogens with one attached hydrogen (secondary N) is 1. The molecule has 1 N–H and O–H groups in total. The van der Waals surface area contributed by atoms with Crippen molar-refractivity contribution < 1.29 is 17.9 Å². The number of rotatable bonds is 3. The average Bonchev–Trinajstić information content (AvgIpc) is 3.12. The molecule has 3 aliphatic heterocycles. The second-order valence-electron chi connectivity index (χ2n) is 11.3. The molecule has 210 valence electrons. The third-order valence-electron chi connectivity index (χ3n) is 8.43. The number of aryl methyl sites for hydroxylation is 2. The lowest BCUT2D eigenvalue weighted by Gasteiger charge is -2.37. The van der Waals surface area contributed by atoms with Crippen molar-refractivity contribution in [2.75, 3.05) is 24.9 Å². The fraction of sp³-hybridized carbons (Fsp3) is 0.433. The third kappa shape index (κ3) is 5.17. The number of piperidine rings is 1. The molecule has 0 spiro atoms. The molecule has 2 saturated heterocycles. The molecule has 0 saturated carbocycles. The predicted molar refractivity (Wildman–Crippen MR) is 153 cm³/mol. The number of hydrogen-bond acceptors (Lipinski definition) is 7. The van der Waals surface area contributed by atoms with Crippen LogP contribution in [0.4, 0.5) is 5.95 Å². The van der Waals surface area contributed by atoms with Gasteiger partial charge < -0.3 is 9.64 Å². The van der Waals surface area contributed by atoms with Crippen molar-refractivity contribution in [3.63, 3.8) is 0 Å². The van der Waals surface area contributed by atoms with E-state index in [2.05, 4.69) is 19.6 Å². The Balaban J connectivity index is 1.46. The van der Waals surface area contributed by atoms with E-state index in [4.69, 9.17) is 4.74 Å². The molecule has 3 aromatic rings. The van der Waals surface area contributed by atoms with E-state index in [1.165, 1.54) is 44.2 Å². The first-order chi connectivity index (χ1) is 19.2. The summed E-state index contributed by atoms with van der Waals surface area (Å²) >= 11 is 0. The number of amides is 1. The fourth-order valence-electron chi connectivity index (χ4n) is 6.52. The summed E-state index contributed by atoms with van der Waals surface area (Å²) in [7, 11) is -2.34. The van der Waals surface area contributed by atoms with Gasteiger partial charge in [-0.25, -0.2) is 18.1 Å². The number of anilines is 1. The van der Waals surface area contributed by atoms with E-state index in [1.54, 1.807) is 30.1 Å². The van der Waals surface area contributed by atoms with Crippen molar-refractivity contribution in [2.45, 2.75) is 69.0 Å². The molecule has 10 heteroatoms. The van der Waals surface area contributed by atoms with Crippen LogP contribution in [0.5, 0.6) is 5.88 Å². The second kappa shape index (κ2) is 10.5. The maximum Gasteiger partial charge on any atom is 0.264 e. The summed E-state index contributed by atoms with van der Waals surface area (Å²) in [5, 5.41) is 0. The Kier molecular flexibility index (Phi) is 7.00. The zero-order chi connectivity index (χ0) is 28.0. The smallest absolute Gasteiger partial charge is 0.264 e. The Morgan fingerprint density at radius 1 is 0.975 bits per heavy atom. The van der Waals surface area contributed by atoms with Gasteiger partial charge in [-0.2, -0.15) is 4.98 Å². The van der Waals surface area contributed by atoms with Gasteiger partial charge in [0.1, 0.15) is 6.10 Å². The molecular weight excluding hydrogens is 526 g/mol. The number of aromatic nitrogens is 2. The van der Waals surface area contributed by atoms with Crippen LogP contribution in [0.2, 0.25) is 0 Å². The minimum atomic E-state index is -4.07. The number of likely N-dealkylation sites (N-methyl/N-ethyl adjacent to an activating group) is 1. The topological polar surface area (TPSA) is 105 Å². The van der Waals surface area contributed by atoms with Crippen molar-refractivity contribution in [1.82, 2.24) is 19.8 Å². The summed E-state index contributed by atoms with van der Waals surface area (Å²) < 4.78 is 35.9. The lowest BCUT2D eigenvalue weighted by Crippen LogP contribution is -2.49. The van der Waals surface area contributed by atoms with Crippen LogP contribution in [0.3, 0.4) is 0 Å². The van der Waals surface area contributed by atoms with Crippen molar-refractivity contribution in [2.24, 2.45) is 0 Å². The zero-order valence-electron chi connectivity index (χ0n) is 23.1. The second-order valence-corrected chi connectivity index (χ2v) is 12.9. The Labute approximate surface area is 235 Å². The number of benzene rings is 2. The quantitative estimate of drug-likeness (QED) is 0.505. The molecule has 40 heavy (non-hydrogen) atoms. The van der Waals surface area contributed by atoms with E-state index in [-0.39, 0.29) is 28.7 Å². The summed E-state index contributed by atoms with van der Waals surface area (Å²) in [4.78, 5) is 26.7. The molecule has 6 rings (SSSR count).